The molecule has 0 saturated carbocycles. The van der Waals surface area contributed by atoms with Crippen molar-refractivity contribution in [2.45, 2.75) is 98.3 Å². The van der Waals surface area contributed by atoms with Gasteiger partial charge >= 0.3 is 0 Å². The molecule has 0 heterocycles. The first kappa shape index (κ1) is 23.0. The van der Waals surface area contributed by atoms with Crippen LogP contribution in [-0.2, 0) is 9.59 Å². The van der Waals surface area contributed by atoms with Crippen LogP contribution in [0.5, 0.6) is 0 Å². The van der Waals surface area contributed by atoms with Crippen LogP contribution in [0.3, 0.4) is 0 Å². The second-order valence-corrected chi connectivity index (χ2v) is 7.45. The molecule has 0 aromatic rings. The molecule has 0 aliphatic rings. The first-order valence-electron chi connectivity index (χ1n) is 9.98. The Morgan fingerprint density at radius 3 is 1.67 bits per heavy atom. The van der Waals surface area contributed by atoms with E-state index in [1.165, 1.54) is 19.3 Å². The summed E-state index contributed by atoms with van der Waals surface area (Å²) in [5, 5.41) is 0. The van der Waals surface area contributed by atoms with Crippen molar-refractivity contribution in [1.29, 1.82) is 0 Å². The van der Waals surface area contributed by atoms with Gasteiger partial charge in [0.15, 0.2) is 0 Å². The van der Waals surface area contributed by atoms with Crippen molar-refractivity contribution in [2.75, 3.05) is 6.54 Å². The van der Waals surface area contributed by atoms with Crippen molar-refractivity contribution in [3.05, 3.63) is 0 Å². The molecule has 0 rings (SSSR count). The van der Waals surface area contributed by atoms with Gasteiger partial charge in [-0.1, -0.05) is 53.4 Å². The lowest BCUT2D eigenvalue weighted by molar-refractivity contribution is -0.122. The van der Waals surface area contributed by atoms with Crippen LogP contribution < -0.4 is 0 Å². The SMILES string of the molecule is CC(C)C(=O)CCCCCCC=NCCCCCCC(=O)C(C)C. The number of rotatable bonds is 16. The second-order valence-electron chi connectivity index (χ2n) is 7.45. The summed E-state index contributed by atoms with van der Waals surface area (Å²) in [6.07, 6.45) is 13.6. The summed E-state index contributed by atoms with van der Waals surface area (Å²) in [7, 11) is 0. The Morgan fingerprint density at radius 2 is 1.17 bits per heavy atom. The average molecular weight is 338 g/mol. The minimum absolute atomic E-state index is 0.185. The Balaban J connectivity index is 3.27. The Kier molecular flexibility index (Phi) is 14.9. The molecule has 0 aromatic carbocycles. The van der Waals surface area contributed by atoms with Gasteiger partial charge < -0.3 is 0 Å². The van der Waals surface area contributed by atoms with Crippen LogP contribution in [0.25, 0.3) is 0 Å². The van der Waals surface area contributed by atoms with Crippen LogP contribution >= 0.6 is 0 Å². The molecule has 0 aliphatic carbocycles. The maximum atomic E-state index is 11.5. The van der Waals surface area contributed by atoms with Crippen molar-refractivity contribution >= 4 is 17.8 Å². The fraction of sp³-hybridized carbons (Fsp3) is 0.857. The average Bonchev–Trinajstić information content (AvgIpc) is 2.54. The molecule has 3 nitrogen and oxygen atoms in total. The van der Waals surface area contributed by atoms with E-state index in [1.807, 2.05) is 27.7 Å². The monoisotopic (exact) mass is 337 g/mol. The summed E-state index contributed by atoms with van der Waals surface area (Å²) in [6.45, 7) is 8.82. The first-order chi connectivity index (χ1) is 11.4. The number of aliphatic imine (C=N–C) groups is 1. The smallest absolute Gasteiger partial charge is 0.135 e. The Morgan fingerprint density at radius 1 is 0.708 bits per heavy atom. The highest BCUT2D eigenvalue weighted by atomic mass is 16.1. The standard InChI is InChI=1S/C21H39NO2/c1-18(2)20(23)14-10-6-5-8-12-16-22-17-13-9-7-11-15-21(24)19(3)4/h16,18-19H,5-15,17H2,1-4H3. The molecular weight excluding hydrogens is 298 g/mol. The van der Waals surface area contributed by atoms with Gasteiger partial charge in [-0.3, -0.25) is 14.6 Å². The van der Waals surface area contributed by atoms with Gasteiger partial charge in [-0.15, -0.1) is 0 Å². The molecule has 0 atom stereocenters. The summed E-state index contributed by atoms with van der Waals surface area (Å²) in [6, 6.07) is 0. The van der Waals surface area contributed by atoms with E-state index in [0.29, 0.717) is 11.6 Å². The van der Waals surface area contributed by atoms with Crippen LogP contribution in [-0.4, -0.2) is 24.3 Å². The number of Topliss-reactive ketones (excluding diaryl/α,β-unsaturated/α-hetero) is 2. The van der Waals surface area contributed by atoms with Crippen LogP contribution in [0, 0.1) is 11.8 Å². The zero-order valence-electron chi connectivity index (χ0n) is 16.5. The molecule has 0 aliphatic heterocycles. The summed E-state index contributed by atoms with van der Waals surface area (Å²) in [5.41, 5.74) is 0. The van der Waals surface area contributed by atoms with E-state index in [1.54, 1.807) is 0 Å². The third-order valence-corrected chi connectivity index (χ3v) is 4.38. The van der Waals surface area contributed by atoms with Gasteiger partial charge in [-0.25, -0.2) is 0 Å². The highest BCUT2D eigenvalue weighted by Crippen LogP contribution is 2.09. The maximum absolute atomic E-state index is 11.5. The molecule has 24 heavy (non-hydrogen) atoms. The topological polar surface area (TPSA) is 46.5 Å². The molecule has 0 radical (unpaired) electrons. The number of carbonyl (C=O) groups excluding carboxylic acids is 2. The van der Waals surface area contributed by atoms with Crippen LogP contribution in [0.4, 0.5) is 0 Å². The molecule has 0 bridgehead atoms. The van der Waals surface area contributed by atoms with Gasteiger partial charge in [0.25, 0.3) is 0 Å². The predicted molar refractivity (Wildman–Crippen MR) is 104 cm³/mol. The zero-order valence-corrected chi connectivity index (χ0v) is 16.5. The van der Waals surface area contributed by atoms with Gasteiger partial charge in [-0.2, -0.15) is 0 Å². The molecular formula is C21H39NO2. The molecule has 0 saturated heterocycles. The van der Waals surface area contributed by atoms with Gasteiger partial charge in [0.2, 0.25) is 0 Å². The second kappa shape index (κ2) is 15.5. The summed E-state index contributed by atoms with van der Waals surface area (Å²) >= 11 is 0. The molecule has 0 aromatic heterocycles. The van der Waals surface area contributed by atoms with Crippen LogP contribution in [0.15, 0.2) is 4.99 Å². The Labute approximate surface area is 149 Å². The fourth-order valence-corrected chi connectivity index (χ4v) is 2.50. The lowest BCUT2D eigenvalue weighted by Gasteiger charge is -2.03. The van der Waals surface area contributed by atoms with E-state index in [-0.39, 0.29) is 11.8 Å². The van der Waals surface area contributed by atoms with E-state index in [2.05, 4.69) is 11.2 Å². The molecule has 0 fully saturated rings. The number of nitrogens with zero attached hydrogens (tertiary/aromatic N) is 1. The van der Waals surface area contributed by atoms with Gasteiger partial charge in [0.05, 0.1) is 0 Å². The highest BCUT2D eigenvalue weighted by molar-refractivity contribution is 5.80. The van der Waals surface area contributed by atoms with E-state index in [0.717, 1.165) is 57.9 Å². The minimum Gasteiger partial charge on any atom is -0.299 e. The third kappa shape index (κ3) is 14.6. The third-order valence-electron chi connectivity index (χ3n) is 4.38. The van der Waals surface area contributed by atoms with Crippen molar-refractivity contribution in [3.63, 3.8) is 0 Å². The van der Waals surface area contributed by atoms with Crippen molar-refractivity contribution < 1.29 is 9.59 Å². The molecule has 0 amide bonds. The summed E-state index contributed by atoms with van der Waals surface area (Å²) in [4.78, 5) is 27.4. The first-order valence-corrected chi connectivity index (χ1v) is 9.98. The van der Waals surface area contributed by atoms with Crippen LogP contribution in [0.2, 0.25) is 0 Å². The number of hydrogen-bond donors (Lipinski definition) is 0. The van der Waals surface area contributed by atoms with E-state index >= 15 is 0 Å². The number of carbonyl (C=O) groups is 2. The summed E-state index contributed by atoms with van der Waals surface area (Å²) < 4.78 is 0. The fourth-order valence-electron chi connectivity index (χ4n) is 2.50. The molecule has 0 spiro atoms. The number of ketones is 2. The number of hydrogen-bond acceptors (Lipinski definition) is 3. The Bertz CT molecular complexity index is 325. The van der Waals surface area contributed by atoms with Gasteiger partial charge in [0.1, 0.15) is 11.6 Å². The quantitative estimate of drug-likeness (QED) is 0.264. The van der Waals surface area contributed by atoms with Crippen molar-refractivity contribution in [2.24, 2.45) is 16.8 Å². The number of unbranched alkanes of at least 4 members (excludes halogenated alkanes) is 7. The largest absolute Gasteiger partial charge is 0.299 e. The van der Waals surface area contributed by atoms with E-state index in [4.69, 9.17) is 0 Å². The van der Waals surface area contributed by atoms with E-state index < -0.39 is 0 Å². The Hall–Kier alpha value is -0.990. The molecule has 0 N–H and O–H groups in total. The minimum atomic E-state index is 0.185. The maximum Gasteiger partial charge on any atom is 0.135 e. The lowest BCUT2D eigenvalue weighted by Crippen LogP contribution is -2.06. The highest BCUT2D eigenvalue weighted by Gasteiger charge is 2.06. The van der Waals surface area contributed by atoms with Crippen molar-refractivity contribution in [1.82, 2.24) is 0 Å². The lowest BCUT2D eigenvalue weighted by atomic mass is 10.0. The van der Waals surface area contributed by atoms with Gasteiger partial charge in [0, 0.05) is 31.2 Å². The van der Waals surface area contributed by atoms with Gasteiger partial charge in [-0.05, 0) is 38.3 Å². The van der Waals surface area contributed by atoms with E-state index in [9.17, 15) is 9.59 Å². The summed E-state index contributed by atoms with van der Waals surface area (Å²) in [5.74, 6) is 1.16. The molecule has 0 unspecified atom stereocenters. The van der Waals surface area contributed by atoms with Crippen molar-refractivity contribution in [3.8, 4) is 0 Å². The normalized spacial score (nSPS) is 11.8. The zero-order chi connectivity index (χ0) is 18.2. The molecule has 140 valence electrons. The molecule has 3 heteroatoms. The predicted octanol–water partition coefficient (Wildman–Crippen LogP) is 5.80. The van der Waals surface area contributed by atoms with Crippen LogP contribution in [0.1, 0.15) is 98.3 Å².